The average Bonchev–Trinajstić information content (AvgIpc) is 1.78. The molecule has 0 aromatic heterocycles. The van der Waals surface area contributed by atoms with Crippen LogP contribution in [0.15, 0.2) is 23.5 Å². The molecule has 0 radical (unpaired) electrons. The van der Waals surface area contributed by atoms with Crippen LogP contribution in [-0.4, -0.2) is 0 Å². The Hall–Kier alpha value is -0.720. The summed E-state index contributed by atoms with van der Waals surface area (Å²) < 4.78 is 0. The van der Waals surface area contributed by atoms with Gasteiger partial charge in [0.05, 0.1) is 0 Å². The Morgan fingerprint density at radius 2 is 1.90 bits per heavy atom. The number of rotatable bonds is 0. The van der Waals surface area contributed by atoms with Gasteiger partial charge in [0, 0.05) is 17.3 Å². The maximum absolute atomic E-state index is 3.19. The third kappa shape index (κ3) is 1.23. The van der Waals surface area contributed by atoms with Gasteiger partial charge in [0.2, 0.25) is 0 Å². The summed E-state index contributed by atoms with van der Waals surface area (Å²) >= 11 is 0. The molecule has 1 aliphatic rings. The number of nitrogens with one attached hydrogen (secondary N) is 1. The lowest BCUT2D eigenvalue weighted by molar-refractivity contribution is 0.554. The van der Waals surface area contributed by atoms with E-state index in [-0.39, 0.29) is 5.41 Å². The van der Waals surface area contributed by atoms with Gasteiger partial charge in [-0.15, -0.1) is 0 Å². The van der Waals surface area contributed by atoms with Crippen molar-refractivity contribution in [2.45, 2.75) is 27.7 Å². The van der Waals surface area contributed by atoms with Gasteiger partial charge in [0.1, 0.15) is 0 Å². The maximum Gasteiger partial charge on any atom is 0.00829 e. The maximum atomic E-state index is 3.19. The van der Waals surface area contributed by atoms with Crippen molar-refractivity contribution >= 4 is 0 Å². The first kappa shape index (κ1) is 7.39. The van der Waals surface area contributed by atoms with Crippen LogP contribution in [0.3, 0.4) is 0 Å². The molecule has 1 heteroatoms. The van der Waals surface area contributed by atoms with Gasteiger partial charge >= 0.3 is 0 Å². The summed E-state index contributed by atoms with van der Waals surface area (Å²) in [6.45, 7) is 8.69. The van der Waals surface area contributed by atoms with Crippen LogP contribution in [0.1, 0.15) is 27.7 Å². The van der Waals surface area contributed by atoms with Crippen LogP contribution in [-0.2, 0) is 0 Å². The molecule has 0 saturated heterocycles. The van der Waals surface area contributed by atoms with Crippen LogP contribution < -0.4 is 5.32 Å². The lowest BCUT2D eigenvalue weighted by atomic mass is 9.83. The van der Waals surface area contributed by atoms with E-state index < -0.39 is 0 Å². The molecule has 0 bridgehead atoms. The third-order valence-electron chi connectivity index (χ3n) is 2.11. The van der Waals surface area contributed by atoms with Gasteiger partial charge in [-0.2, -0.15) is 0 Å². The van der Waals surface area contributed by atoms with Crippen LogP contribution in [0.2, 0.25) is 0 Å². The van der Waals surface area contributed by atoms with Crippen molar-refractivity contribution in [3.05, 3.63) is 23.5 Å². The van der Waals surface area contributed by atoms with Gasteiger partial charge in [0.25, 0.3) is 0 Å². The van der Waals surface area contributed by atoms with Crippen molar-refractivity contribution in [2.24, 2.45) is 5.41 Å². The molecule has 1 aliphatic heterocycles. The van der Waals surface area contributed by atoms with E-state index >= 15 is 0 Å². The molecule has 0 atom stereocenters. The van der Waals surface area contributed by atoms with E-state index in [0.717, 1.165) is 0 Å². The second-order valence-electron chi connectivity index (χ2n) is 3.52. The first-order valence-corrected chi connectivity index (χ1v) is 3.65. The molecule has 1 nitrogen and oxygen atoms in total. The fourth-order valence-corrected chi connectivity index (χ4v) is 1.10. The van der Waals surface area contributed by atoms with E-state index in [1.165, 1.54) is 11.3 Å². The number of hydrogen-bond acceptors (Lipinski definition) is 1. The topological polar surface area (TPSA) is 12.0 Å². The Labute approximate surface area is 62.8 Å². The molecular weight excluding hydrogens is 122 g/mol. The second kappa shape index (κ2) is 2.15. The monoisotopic (exact) mass is 137 g/mol. The summed E-state index contributed by atoms with van der Waals surface area (Å²) in [5.41, 5.74) is 2.88. The molecule has 0 aliphatic carbocycles. The van der Waals surface area contributed by atoms with Crippen molar-refractivity contribution in [3.63, 3.8) is 0 Å². The van der Waals surface area contributed by atoms with Crippen LogP contribution in [0.25, 0.3) is 0 Å². The highest BCUT2D eigenvalue weighted by Crippen LogP contribution is 2.30. The van der Waals surface area contributed by atoms with Crippen molar-refractivity contribution in [1.82, 2.24) is 5.32 Å². The zero-order valence-electron chi connectivity index (χ0n) is 7.15. The average molecular weight is 137 g/mol. The molecule has 10 heavy (non-hydrogen) atoms. The number of dihydropyridines is 1. The molecule has 1 N–H and O–H groups in total. The largest absolute Gasteiger partial charge is 0.365 e. The predicted octanol–water partition coefficient (Wildman–Crippen LogP) is 2.42. The van der Waals surface area contributed by atoms with Gasteiger partial charge in [0.15, 0.2) is 0 Å². The SMILES string of the molecule is CC1=CC(C)(C)C(C)=CN1. The summed E-state index contributed by atoms with van der Waals surface area (Å²) in [5, 5.41) is 3.19. The molecular formula is C9H15N. The molecule has 0 amide bonds. The third-order valence-corrected chi connectivity index (χ3v) is 2.11. The van der Waals surface area contributed by atoms with E-state index in [4.69, 9.17) is 0 Å². The van der Waals surface area contributed by atoms with Crippen molar-refractivity contribution < 1.29 is 0 Å². The van der Waals surface area contributed by atoms with Crippen LogP contribution in [0, 0.1) is 5.41 Å². The fourth-order valence-electron chi connectivity index (χ4n) is 1.10. The quantitative estimate of drug-likeness (QED) is 0.540. The standard InChI is InChI=1S/C9H15N/c1-7-6-10-8(2)5-9(7,3)4/h5-6,10H,1-4H3. The zero-order valence-corrected chi connectivity index (χ0v) is 7.15. The van der Waals surface area contributed by atoms with E-state index in [1.807, 2.05) is 0 Å². The summed E-state index contributed by atoms with van der Waals surface area (Å²) in [4.78, 5) is 0. The van der Waals surface area contributed by atoms with Gasteiger partial charge in [-0.3, -0.25) is 0 Å². The molecule has 56 valence electrons. The Kier molecular flexibility index (Phi) is 1.59. The van der Waals surface area contributed by atoms with E-state index in [9.17, 15) is 0 Å². The summed E-state index contributed by atoms with van der Waals surface area (Å²) in [6.07, 6.45) is 4.33. The Bertz CT molecular complexity index is 197. The van der Waals surface area contributed by atoms with Crippen molar-refractivity contribution in [1.29, 1.82) is 0 Å². The fraction of sp³-hybridized carbons (Fsp3) is 0.556. The Morgan fingerprint density at radius 3 is 2.30 bits per heavy atom. The number of allylic oxidation sites excluding steroid dienone is 3. The van der Waals surface area contributed by atoms with E-state index in [0.29, 0.717) is 0 Å². The molecule has 0 fully saturated rings. The van der Waals surface area contributed by atoms with E-state index in [1.54, 1.807) is 0 Å². The molecule has 0 aromatic carbocycles. The van der Waals surface area contributed by atoms with Crippen LogP contribution in [0.5, 0.6) is 0 Å². The lowest BCUT2D eigenvalue weighted by Crippen LogP contribution is -2.20. The zero-order chi connectivity index (χ0) is 7.78. The van der Waals surface area contributed by atoms with Gasteiger partial charge in [-0.25, -0.2) is 0 Å². The number of hydrogen-bond donors (Lipinski definition) is 1. The van der Waals surface area contributed by atoms with Crippen LogP contribution >= 0.6 is 0 Å². The van der Waals surface area contributed by atoms with Crippen molar-refractivity contribution in [3.8, 4) is 0 Å². The van der Waals surface area contributed by atoms with Gasteiger partial charge in [-0.05, 0) is 19.4 Å². The summed E-state index contributed by atoms with van der Waals surface area (Å²) in [7, 11) is 0. The smallest absolute Gasteiger partial charge is 0.00829 e. The normalized spacial score (nSPS) is 22.8. The molecule has 1 heterocycles. The Morgan fingerprint density at radius 1 is 1.30 bits per heavy atom. The molecule has 0 unspecified atom stereocenters. The lowest BCUT2D eigenvalue weighted by Gasteiger charge is -2.26. The molecule has 1 rings (SSSR count). The molecule has 0 aromatic rings. The minimum Gasteiger partial charge on any atom is -0.365 e. The van der Waals surface area contributed by atoms with Gasteiger partial charge < -0.3 is 5.32 Å². The first-order chi connectivity index (χ1) is 4.52. The minimum atomic E-state index is 0.245. The van der Waals surface area contributed by atoms with Crippen molar-refractivity contribution in [2.75, 3.05) is 0 Å². The predicted molar refractivity (Wildman–Crippen MR) is 44.4 cm³/mol. The van der Waals surface area contributed by atoms with Crippen LogP contribution in [0.4, 0.5) is 0 Å². The highest BCUT2D eigenvalue weighted by Gasteiger charge is 2.19. The highest BCUT2D eigenvalue weighted by atomic mass is 14.9. The first-order valence-electron chi connectivity index (χ1n) is 3.65. The van der Waals surface area contributed by atoms with Gasteiger partial charge in [-0.1, -0.05) is 19.9 Å². The summed E-state index contributed by atoms with van der Waals surface area (Å²) in [5.74, 6) is 0. The summed E-state index contributed by atoms with van der Waals surface area (Å²) in [6, 6.07) is 0. The van der Waals surface area contributed by atoms with E-state index in [2.05, 4.69) is 45.3 Å². The second-order valence-corrected chi connectivity index (χ2v) is 3.52. The molecule has 0 spiro atoms. The highest BCUT2D eigenvalue weighted by molar-refractivity contribution is 5.25. The minimum absolute atomic E-state index is 0.245. The Balaban J connectivity index is 2.90. The molecule has 0 saturated carbocycles.